The lowest BCUT2D eigenvalue weighted by molar-refractivity contribution is 0.100. The van der Waals surface area contributed by atoms with Crippen LogP contribution in [0.15, 0.2) is 6.20 Å². The van der Waals surface area contributed by atoms with Gasteiger partial charge in [-0.1, -0.05) is 6.92 Å². The standard InChI is InChI=1S/C10H15N5O/c1-5-2-6(3-5)14-9-7(8(11)16)4-13-10(12)15-9/h4-6H,2-3H2,1H3,(H2,11,16)(H3,12,13,14,15)/t5-,6-. The lowest BCUT2D eigenvalue weighted by Crippen LogP contribution is -2.35. The van der Waals surface area contributed by atoms with E-state index in [0.29, 0.717) is 17.8 Å². The molecule has 6 nitrogen and oxygen atoms in total. The Hall–Kier alpha value is -1.85. The van der Waals surface area contributed by atoms with Crippen molar-refractivity contribution in [2.45, 2.75) is 25.8 Å². The lowest BCUT2D eigenvalue weighted by atomic mass is 9.82. The number of rotatable bonds is 3. The number of anilines is 2. The summed E-state index contributed by atoms with van der Waals surface area (Å²) in [7, 11) is 0. The van der Waals surface area contributed by atoms with Gasteiger partial charge in [-0.2, -0.15) is 4.98 Å². The van der Waals surface area contributed by atoms with Gasteiger partial charge in [-0.3, -0.25) is 4.79 Å². The molecule has 0 saturated heterocycles. The third-order valence-corrected chi connectivity index (χ3v) is 2.79. The Morgan fingerprint density at radius 3 is 2.81 bits per heavy atom. The maximum atomic E-state index is 11.1. The molecule has 1 aromatic heterocycles. The minimum Gasteiger partial charge on any atom is -0.368 e. The van der Waals surface area contributed by atoms with E-state index in [1.807, 2.05) is 0 Å². The highest BCUT2D eigenvalue weighted by Crippen LogP contribution is 2.29. The van der Waals surface area contributed by atoms with E-state index < -0.39 is 5.91 Å². The van der Waals surface area contributed by atoms with Gasteiger partial charge in [0.1, 0.15) is 5.82 Å². The van der Waals surface area contributed by atoms with Crippen LogP contribution in [0.2, 0.25) is 0 Å². The predicted octanol–water partition coefficient (Wildman–Crippen LogP) is 0.368. The van der Waals surface area contributed by atoms with Gasteiger partial charge >= 0.3 is 0 Å². The van der Waals surface area contributed by atoms with Gasteiger partial charge in [0.25, 0.3) is 5.91 Å². The average Bonchev–Trinajstić information content (AvgIpc) is 2.15. The Kier molecular flexibility index (Phi) is 2.64. The molecule has 0 radical (unpaired) electrons. The summed E-state index contributed by atoms with van der Waals surface area (Å²) in [5.41, 5.74) is 11.0. The molecule has 16 heavy (non-hydrogen) atoms. The SMILES string of the molecule is C[C@H]1C[C@H](Nc2nc(N)ncc2C(N)=O)C1. The topological polar surface area (TPSA) is 107 Å². The van der Waals surface area contributed by atoms with Crippen LogP contribution in [0.1, 0.15) is 30.1 Å². The zero-order chi connectivity index (χ0) is 11.7. The number of hydrogen-bond acceptors (Lipinski definition) is 5. The molecule has 5 N–H and O–H groups in total. The van der Waals surface area contributed by atoms with Crippen molar-refractivity contribution < 1.29 is 4.79 Å². The molecule has 1 fully saturated rings. The molecule has 1 heterocycles. The van der Waals surface area contributed by atoms with Crippen LogP contribution in [0.4, 0.5) is 11.8 Å². The fourth-order valence-corrected chi connectivity index (χ4v) is 1.90. The second-order valence-electron chi connectivity index (χ2n) is 4.27. The van der Waals surface area contributed by atoms with Crippen molar-refractivity contribution in [2.24, 2.45) is 11.7 Å². The highest BCUT2D eigenvalue weighted by atomic mass is 16.1. The molecule has 1 amide bonds. The molecular weight excluding hydrogens is 206 g/mol. The quantitative estimate of drug-likeness (QED) is 0.683. The van der Waals surface area contributed by atoms with Gasteiger partial charge in [0.15, 0.2) is 0 Å². The van der Waals surface area contributed by atoms with E-state index in [1.165, 1.54) is 6.20 Å². The smallest absolute Gasteiger partial charge is 0.254 e. The van der Waals surface area contributed by atoms with Crippen molar-refractivity contribution in [3.8, 4) is 0 Å². The third kappa shape index (κ3) is 2.05. The van der Waals surface area contributed by atoms with Gasteiger partial charge in [-0.25, -0.2) is 4.98 Å². The Labute approximate surface area is 93.4 Å². The van der Waals surface area contributed by atoms with E-state index in [2.05, 4.69) is 22.2 Å². The number of aromatic nitrogens is 2. The Morgan fingerprint density at radius 2 is 2.25 bits per heavy atom. The summed E-state index contributed by atoms with van der Waals surface area (Å²) >= 11 is 0. The molecule has 86 valence electrons. The van der Waals surface area contributed by atoms with Crippen molar-refractivity contribution in [3.05, 3.63) is 11.8 Å². The molecular formula is C10H15N5O. The van der Waals surface area contributed by atoms with Crippen molar-refractivity contribution in [1.82, 2.24) is 9.97 Å². The Balaban J connectivity index is 2.17. The number of hydrogen-bond donors (Lipinski definition) is 3. The first kappa shape index (κ1) is 10.7. The largest absolute Gasteiger partial charge is 0.368 e. The molecule has 1 aliphatic rings. The van der Waals surface area contributed by atoms with Gasteiger partial charge in [-0.15, -0.1) is 0 Å². The van der Waals surface area contributed by atoms with Crippen molar-refractivity contribution in [1.29, 1.82) is 0 Å². The average molecular weight is 221 g/mol. The van der Waals surface area contributed by atoms with Crippen LogP contribution in [0.5, 0.6) is 0 Å². The Morgan fingerprint density at radius 1 is 1.56 bits per heavy atom. The van der Waals surface area contributed by atoms with Crippen molar-refractivity contribution in [2.75, 3.05) is 11.1 Å². The summed E-state index contributed by atoms with van der Waals surface area (Å²) in [6, 6.07) is 0.349. The van der Waals surface area contributed by atoms with Crippen LogP contribution < -0.4 is 16.8 Å². The molecule has 0 spiro atoms. The van der Waals surface area contributed by atoms with Crippen LogP contribution in [0, 0.1) is 5.92 Å². The van der Waals surface area contributed by atoms with Gasteiger partial charge < -0.3 is 16.8 Å². The molecule has 0 atom stereocenters. The Bertz CT molecular complexity index is 414. The second kappa shape index (κ2) is 3.96. The van der Waals surface area contributed by atoms with E-state index >= 15 is 0 Å². The van der Waals surface area contributed by atoms with Crippen LogP contribution in [0.25, 0.3) is 0 Å². The number of nitrogen functional groups attached to an aromatic ring is 1. The molecule has 0 bridgehead atoms. The van der Waals surface area contributed by atoms with Gasteiger partial charge in [0.2, 0.25) is 5.95 Å². The van der Waals surface area contributed by atoms with Crippen molar-refractivity contribution in [3.63, 3.8) is 0 Å². The van der Waals surface area contributed by atoms with Crippen molar-refractivity contribution >= 4 is 17.7 Å². The number of carbonyl (C=O) groups excluding carboxylic acids is 1. The first-order valence-corrected chi connectivity index (χ1v) is 5.25. The van der Waals surface area contributed by atoms with E-state index in [4.69, 9.17) is 11.5 Å². The number of nitrogens with zero attached hydrogens (tertiary/aromatic N) is 2. The minimum atomic E-state index is -0.546. The molecule has 1 aromatic rings. The van der Waals surface area contributed by atoms with Gasteiger partial charge in [0.05, 0.1) is 5.56 Å². The summed E-state index contributed by atoms with van der Waals surface area (Å²) in [4.78, 5) is 18.9. The van der Waals surface area contributed by atoms with Gasteiger partial charge in [-0.05, 0) is 18.8 Å². The van der Waals surface area contributed by atoms with E-state index in [-0.39, 0.29) is 11.5 Å². The van der Waals surface area contributed by atoms with Crippen LogP contribution in [0.3, 0.4) is 0 Å². The van der Waals surface area contributed by atoms with E-state index in [1.54, 1.807) is 0 Å². The summed E-state index contributed by atoms with van der Waals surface area (Å²) in [6.07, 6.45) is 3.50. The normalized spacial score (nSPS) is 23.6. The molecule has 0 aromatic carbocycles. The number of amides is 1. The maximum Gasteiger partial charge on any atom is 0.254 e. The monoisotopic (exact) mass is 221 g/mol. The summed E-state index contributed by atoms with van der Waals surface area (Å²) in [6.45, 7) is 2.18. The number of primary amides is 1. The number of nitrogens with one attached hydrogen (secondary N) is 1. The van der Waals surface area contributed by atoms with Crippen LogP contribution >= 0.6 is 0 Å². The number of carbonyl (C=O) groups is 1. The minimum absolute atomic E-state index is 0.139. The second-order valence-corrected chi connectivity index (χ2v) is 4.27. The van der Waals surface area contributed by atoms with Crippen LogP contribution in [-0.4, -0.2) is 21.9 Å². The molecule has 0 aliphatic heterocycles. The van der Waals surface area contributed by atoms with Gasteiger partial charge in [0, 0.05) is 12.2 Å². The predicted molar refractivity (Wildman–Crippen MR) is 60.8 cm³/mol. The zero-order valence-electron chi connectivity index (χ0n) is 9.10. The molecule has 0 unspecified atom stereocenters. The maximum absolute atomic E-state index is 11.1. The fraction of sp³-hybridized carbons (Fsp3) is 0.500. The fourth-order valence-electron chi connectivity index (χ4n) is 1.90. The molecule has 1 aliphatic carbocycles. The molecule has 2 rings (SSSR count). The lowest BCUT2D eigenvalue weighted by Gasteiger charge is -2.33. The summed E-state index contributed by atoms with van der Waals surface area (Å²) < 4.78 is 0. The summed E-state index contributed by atoms with van der Waals surface area (Å²) in [5.74, 6) is 0.750. The number of nitrogens with two attached hydrogens (primary N) is 2. The summed E-state index contributed by atoms with van der Waals surface area (Å²) in [5, 5.41) is 3.17. The highest BCUT2D eigenvalue weighted by molar-refractivity contribution is 5.97. The third-order valence-electron chi connectivity index (χ3n) is 2.79. The first-order valence-electron chi connectivity index (χ1n) is 5.25. The molecule has 6 heteroatoms. The van der Waals surface area contributed by atoms with E-state index in [0.717, 1.165) is 12.8 Å². The zero-order valence-corrected chi connectivity index (χ0v) is 9.10. The van der Waals surface area contributed by atoms with E-state index in [9.17, 15) is 4.79 Å². The van der Waals surface area contributed by atoms with Crippen LogP contribution in [-0.2, 0) is 0 Å². The molecule has 1 saturated carbocycles. The highest BCUT2D eigenvalue weighted by Gasteiger charge is 2.26. The first-order chi connectivity index (χ1) is 7.56.